The van der Waals surface area contributed by atoms with Gasteiger partial charge >= 0.3 is 0 Å². The Balaban J connectivity index is 0.00000324. The Bertz CT molecular complexity index is 1130. The van der Waals surface area contributed by atoms with E-state index in [4.69, 9.17) is 23.2 Å². The molecule has 2 aromatic carbocycles. The predicted molar refractivity (Wildman–Crippen MR) is 150 cm³/mol. The van der Waals surface area contributed by atoms with Gasteiger partial charge in [-0.15, -0.1) is 23.2 Å². The Hall–Kier alpha value is -0.400. The van der Waals surface area contributed by atoms with Crippen molar-refractivity contribution in [2.75, 3.05) is 0 Å². The molecule has 0 fully saturated rings. The second kappa shape index (κ2) is 8.86. The summed E-state index contributed by atoms with van der Waals surface area (Å²) in [6.45, 7) is 22.7. The van der Waals surface area contributed by atoms with Crippen LogP contribution in [0, 0.1) is 0 Å². The van der Waals surface area contributed by atoms with E-state index < -0.39 is 18.5 Å². The van der Waals surface area contributed by atoms with E-state index in [-0.39, 0.29) is 37.0 Å². The molecule has 2 atom stereocenters. The minimum absolute atomic E-state index is 0. The summed E-state index contributed by atoms with van der Waals surface area (Å²) in [4.78, 5) is 0. The quantitative estimate of drug-likeness (QED) is 0.244. The van der Waals surface area contributed by atoms with Gasteiger partial charge in [0.15, 0.2) is 0 Å². The average molecular weight is 589 g/mol. The van der Waals surface area contributed by atoms with Gasteiger partial charge in [-0.1, -0.05) is 77.9 Å². The zero-order valence-electron chi connectivity index (χ0n) is 22.4. The van der Waals surface area contributed by atoms with Gasteiger partial charge in [-0.2, -0.15) is 0 Å². The van der Waals surface area contributed by atoms with Crippen molar-refractivity contribution < 1.29 is 26.2 Å². The van der Waals surface area contributed by atoms with Crippen LogP contribution in [0.25, 0.3) is 11.1 Å². The van der Waals surface area contributed by atoms with Crippen molar-refractivity contribution in [2.24, 2.45) is 0 Å². The van der Waals surface area contributed by atoms with Gasteiger partial charge < -0.3 is 0 Å². The van der Waals surface area contributed by atoms with Gasteiger partial charge in [-0.25, -0.2) is 0 Å². The molecule has 0 heterocycles. The van der Waals surface area contributed by atoms with Crippen LogP contribution in [0.4, 0.5) is 0 Å². The second-order valence-corrected chi connectivity index (χ2v) is 16.9. The summed E-state index contributed by atoms with van der Waals surface area (Å²) in [5.41, 5.74) is 13.3. The molecule has 0 aromatic heterocycles. The van der Waals surface area contributed by atoms with Gasteiger partial charge in [0.25, 0.3) is 0 Å². The van der Waals surface area contributed by atoms with Crippen LogP contribution in [-0.2, 0) is 46.0 Å². The molecule has 2 aliphatic carbocycles. The molecule has 0 radical (unpaired) electrons. The van der Waals surface area contributed by atoms with Gasteiger partial charge in [-0.3, -0.25) is 0 Å². The maximum Gasteiger partial charge on any atom is 0.0923 e. The van der Waals surface area contributed by atoms with E-state index in [2.05, 4.69) is 106 Å². The third-order valence-electron chi connectivity index (χ3n) is 8.15. The zero-order chi connectivity index (χ0) is 24.7. The van der Waals surface area contributed by atoms with Crippen LogP contribution in [0.5, 0.6) is 0 Å². The van der Waals surface area contributed by atoms with Crippen LogP contribution in [0.3, 0.4) is 0 Å². The molecule has 0 aliphatic heterocycles. The van der Waals surface area contributed by atoms with E-state index in [0.717, 1.165) is 0 Å². The Kier molecular flexibility index (Phi) is 7.35. The van der Waals surface area contributed by atoms with Gasteiger partial charge in [0.2, 0.25) is 0 Å². The van der Waals surface area contributed by atoms with E-state index in [9.17, 15) is 0 Å². The molecule has 180 valence electrons. The first kappa shape index (κ1) is 28.2. The van der Waals surface area contributed by atoms with E-state index in [0.29, 0.717) is 0 Å². The average Bonchev–Trinajstić information content (AvgIpc) is 3.03. The van der Waals surface area contributed by atoms with Crippen molar-refractivity contribution in [2.45, 2.75) is 89.1 Å². The molecule has 4 heteroatoms. The molecule has 2 unspecified atom stereocenters. The van der Waals surface area contributed by atoms with E-state index >= 15 is 0 Å². The van der Waals surface area contributed by atoms with Crippen LogP contribution in [-0.4, -0.2) is 9.52 Å². The summed E-state index contributed by atoms with van der Waals surface area (Å²) in [5, 5.41) is 0. The summed E-state index contributed by atoms with van der Waals surface area (Å²) in [6, 6.07) is 13.4. The topological polar surface area (TPSA) is 0 Å². The summed E-state index contributed by atoms with van der Waals surface area (Å²) >= 11 is 15.5. The summed E-state index contributed by atoms with van der Waals surface area (Å²) in [6.07, 6.45) is 0. The number of alkyl halides is 2. The fourth-order valence-corrected chi connectivity index (χ4v) is 10.7. The number of hydrogen-bond acceptors (Lipinski definition) is 0. The van der Waals surface area contributed by atoms with Crippen LogP contribution in [0.15, 0.2) is 47.5 Å². The molecule has 2 aromatic rings. The number of halogens is 2. The minimum atomic E-state index is -1.11. The number of fused-ring (bicyclic) bond motifs is 2. The monoisotopic (exact) mass is 586 g/mol. The first-order valence-electron chi connectivity index (χ1n) is 12.1. The molecule has 0 saturated heterocycles. The fourth-order valence-electron chi connectivity index (χ4n) is 5.99. The van der Waals surface area contributed by atoms with Crippen molar-refractivity contribution in [3.63, 3.8) is 0 Å². The SMILES string of the molecule is CC1=C(C)C(Cl)([SiH2]C2(Cl)C(C)=C(C)c3c(C(C)(C)C)cccc32)c2cccc(C(C)(C)C)c21.[Zr]. The molecular weight excluding hydrogens is 551 g/mol. The fraction of sp³-hybridized carbons (Fsp3) is 0.467. The third-order valence-corrected chi connectivity index (χ3v) is 12.7. The molecular formula is C30H38Cl2SiZr. The van der Waals surface area contributed by atoms with Crippen molar-refractivity contribution in [1.29, 1.82) is 0 Å². The third kappa shape index (κ3) is 4.04. The van der Waals surface area contributed by atoms with Gasteiger partial charge in [0, 0.05) is 26.2 Å². The molecule has 4 rings (SSSR count). The smallest absolute Gasteiger partial charge is 0.0923 e. The van der Waals surface area contributed by atoms with Gasteiger partial charge in [-0.05, 0) is 94.2 Å². The van der Waals surface area contributed by atoms with Crippen LogP contribution >= 0.6 is 23.2 Å². The Morgan fingerprint density at radius 2 is 0.941 bits per heavy atom. The first-order chi connectivity index (χ1) is 15.0. The molecule has 0 spiro atoms. The van der Waals surface area contributed by atoms with Crippen molar-refractivity contribution >= 4 is 43.9 Å². The largest absolute Gasteiger partial charge is 0.114 e. The van der Waals surface area contributed by atoms with Crippen molar-refractivity contribution in [1.82, 2.24) is 0 Å². The van der Waals surface area contributed by atoms with Crippen LogP contribution in [0.1, 0.15) is 103 Å². The molecule has 2 aliphatic rings. The van der Waals surface area contributed by atoms with Crippen LogP contribution in [0.2, 0.25) is 0 Å². The molecule has 0 nitrogen and oxygen atoms in total. The van der Waals surface area contributed by atoms with E-state index in [1.807, 2.05) is 0 Å². The summed E-state index contributed by atoms with van der Waals surface area (Å²) in [5.74, 6) is 0. The summed E-state index contributed by atoms with van der Waals surface area (Å²) in [7, 11) is -1.11. The minimum Gasteiger partial charge on any atom is -0.114 e. The molecule has 34 heavy (non-hydrogen) atoms. The van der Waals surface area contributed by atoms with Crippen LogP contribution < -0.4 is 0 Å². The zero-order valence-corrected chi connectivity index (χ0v) is 27.8. The van der Waals surface area contributed by atoms with Crippen molar-refractivity contribution in [3.8, 4) is 0 Å². The number of allylic oxidation sites excluding steroid dienone is 4. The molecule has 0 N–H and O–H groups in total. The number of benzene rings is 2. The normalized spacial score (nSPS) is 24.7. The summed E-state index contributed by atoms with van der Waals surface area (Å²) < 4.78 is -0.993. The van der Waals surface area contributed by atoms with Crippen molar-refractivity contribution in [3.05, 3.63) is 80.9 Å². The first-order valence-corrected chi connectivity index (χ1v) is 14.2. The Morgan fingerprint density at radius 1 is 0.618 bits per heavy atom. The maximum absolute atomic E-state index is 7.74. The van der Waals surface area contributed by atoms with Gasteiger partial charge in [0.05, 0.1) is 18.5 Å². The standard InChI is InChI=1S/C30H38Cl2Si.Zr/c1-17-19(3)29(31,23-15-11-13-21(25(17)23)27(5,6)7)33-30(32)20(4)18(2)26-22(28(8,9)10)14-12-16-24(26)30;/h11-16H,33H2,1-10H3;. The van der Waals surface area contributed by atoms with E-state index in [1.165, 1.54) is 55.7 Å². The molecule has 0 saturated carbocycles. The number of rotatable bonds is 2. The number of hydrogen-bond donors (Lipinski definition) is 0. The molecule has 0 amide bonds. The Morgan fingerprint density at radius 3 is 1.24 bits per heavy atom. The maximum atomic E-state index is 7.74. The molecule has 0 bridgehead atoms. The van der Waals surface area contributed by atoms with E-state index in [1.54, 1.807) is 0 Å². The second-order valence-electron chi connectivity index (χ2n) is 12.2. The Labute approximate surface area is 238 Å². The predicted octanol–water partition coefficient (Wildman–Crippen LogP) is 8.55. The van der Waals surface area contributed by atoms with Gasteiger partial charge in [0.1, 0.15) is 0 Å².